The molecule has 0 spiro atoms. The zero-order valence-corrected chi connectivity index (χ0v) is 28.2. The average molecular weight is 669 g/mol. The van der Waals surface area contributed by atoms with Gasteiger partial charge in [-0.3, -0.25) is 0 Å². The van der Waals surface area contributed by atoms with Crippen LogP contribution in [0, 0.1) is 0 Å². The molecule has 7 aromatic carbocycles. The van der Waals surface area contributed by atoms with Crippen molar-refractivity contribution in [3.8, 4) is 51.0 Å². The monoisotopic (exact) mass is 668 g/mol. The molecule has 3 heterocycles. The van der Waals surface area contributed by atoms with E-state index in [1.54, 1.807) is 0 Å². The lowest BCUT2D eigenvalue weighted by molar-refractivity contribution is 1.08. The van der Waals surface area contributed by atoms with Crippen molar-refractivity contribution in [2.45, 2.75) is 6.42 Å². The number of fused-ring (bicyclic) bond motifs is 9. The summed E-state index contributed by atoms with van der Waals surface area (Å²) >= 11 is 1.85. The number of hydrogen-bond acceptors (Lipinski definition) is 4. The Morgan fingerprint density at radius 3 is 1.75 bits per heavy atom. The number of benzene rings is 7. The van der Waals surface area contributed by atoms with Gasteiger partial charge in [-0.25, -0.2) is 15.0 Å². The number of nitrogens with zero attached hydrogens (tertiary/aromatic N) is 4. The maximum atomic E-state index is 5.13. The summed E-state index contributed by atoms with van der Waals surface area (Å²) in [5.41, 5.74) is 12.0. The lowest BCUT2D eigenvalue weighted by Gasteiger charge is -2.14. The molecule has 10 aromatic rings. The van der Waals surface area contributed by atoms with E-state index < -0.39 is 0 Å². The summed E-state index contributed by atoms with van der Waals surface area (Å²) < 4.78 is 4.97. The van der Waals surface area contributed by atoms with Crippen LogP contribution in [0.5, 0.6) is 0 Å². The molecule has 0 atom stereocenters. The second-order valence-corrected chi connectivity index (χ2v) is 14.3. The molecule has 11 rings (SSSR count). The van der Waals surface area contributed by atoms with Gasteiger partial charge in [-0.2, -0.15) is 0 Å². The van der Waals surface area contributed by atoms with Crippen LogP contribution in [0.15, 0.2) is 158 Å². The summed E-state index contributed by atoms with van der Waals surface area (Å²) in [6.07, 6.45) is 0.918. The van der Waals surface area contributed by atoms with Crippen LogP contribution < -0.4 is 0 Å². The van der Waals surface area contributed by atoms with Gasteiger partial charge < -0.3 is 4.57 Å². The second-order valence-electron chi connectivity index (χ2n) is 13.2. The lowest BCUT2D eigenvalue weighted by Crippen LogP contribution is -2.00. The molecular weight excluding hydrogens is 641 g/mol. The summed E-state index contributed by atoms with van der Waals surface area (Å²) in [6.45, 7) is 0. The van der Waals surface area contributed by atoms with E-state index in [4.69, 9.17) is 15.0 Å². The van der Waals surface area contributed by atoms with Gasteiger partial charge in [0.2, 0.25) is 0 Å². The highest BCUT2D eigenvalue weighted by molar-refractivity contribution is 7.26. The largest absolute Gasteiger partial charge is 0.309 e. The highest BCUT2D eigenvalue weighted by atomic mass is 32.1. The van der Waals surface area contributed by atoms with Crippen LogP contribution in [0.1, 0.15) is 11.1 Å². The minimum atomic E-state index is 0.668. The number of rotatable bonds is 4. The predicted molar refractivity (Wildman–Crippen MR) is 212 cm³/mol. The standard InChI is InChI=1S/C46H28N4S/c1-3-13-28(14-4-1)44-47-45(29-15-5-2-6-16-29)49-46(48-44)34-20-12-24-40-43(34)36-27-35-31(26-41(36)51-40)25-30-17-11-23-39(42(30)35)50-37-21-9-7-18-32(37)33-19-8-10-22-38(33)50/h1-24,26-27H,25H2. The van der Waals surface area contributed by atoms with Crippen molar-refractivity contribution >= 4 is 53.3 Å². The minimum Gasteiger partial charge on any atom is -0.309 e. The van der Waals surface area contributed by atoms with Crippen LogP contribution in [-0.2, 0) is 6.42 Å². The number of hydrogen-bond donors (Lipinski definition) is 0. The topological polar surface area (TPSA) is 43.6 Å². The van der Waals surface area contributed by atoms with Crippen molar-refractivity contribution in [1.82, 2.24) is 19.5 Å². The molecule has 238 valence electrons. The van der Waals surface area contributed by atoms with Crippen LogP contribution in [0.2, 0.25) is 0 Å². The average Bonchev–Trinajstić information content (AvgIpc) is 3.86. The van der Waals surface area contributed by atoms with Gasteiger partial charge in [-0.1, -0.05) is 121 Å². The normalized spacial score (nSPS) is 12.2. The molecule has 0 saturated carbocycles. The minimum absolute atomic E-state index is 0.668. The van der Waals surface area contributed by atoms with Crippen molar-refractivity contribution in [2.75, 3.05) is 0 Å². The summed E-state index contributed by atoms with van der Waals surface area (Å²) in [7, 11) is 0. The smallest absolute Gasteiger partial charge is 0.164 e. The van der Waals surface area contributed by atoms with Crippen LogP contribution in [0.3, 0.4) is 0 Å². The molecule has 4 nitrogen and oxygen atoms in total. The molecule has 1 aliphatic carbocycles. The van der Waals surface area contributed by atoms with E-state index in [0.717, 1.165) is 23.1 Å². The first kappa shape index (κ1) is 28.4. The number of para-hydroxylation sites is 2. The zero-order chi connectivity index (χ0) is 33.5. The third-order valence-corrected chi connectivity index (χ3v) is 11.4. The number of aromatic nitrogens is 4. The fourth-order valence-electron chi connectivity index (χ4n) is 8.03. The Kier molecular flexibility index (Phi) is 6.15. The Balaban J connectivity index is 1.16. The van der Waals surface area contributed by atoms with Gasteiger partial charge in [0.25, 0.3) is 0 Å². The van der Waals surface area contributed by atoms with Gasteiger partial charge in [-0.15, -0.1) is 11.3 Å². The third kappa shape index (κ3) is 4.35. The summed E-state index contributed by atoms with van der Waals surface area (Å²) in [5, 5.41) is 4.97. The molecule has 0 N–H and O–H groups in total. The molecule has 5 heteroatoms. The second kappa shape index (κ2) is 11.0. The van der Waals surface area contributed by atoms with E-state index in [2.05, 4.69) is 126 Å². The molecule has 51 heavy (non-hydrogen) atoms. The van der Waals surface area contributed by atoms with Crippen molar-refractivity contribution in [3.63, 3.8) is 0 Å². The molecule has 0 bridgehead atoms. The zero-order valence-electron chi connectivity index (χ0n) is 27.4. The Hall–Kier alpha value is -6.43. The van der Waals surface area contributed by atoms with Gasteiger partial charge in [0.15, 0.2) is 17.5 Å². The van der Waals surface area contributed by atoms with Crippen LogP contribution in [0.4, 0.5) is 0 Å². The van der Waals surface area contributed by atoms with Crippen molar-refractivity contribution < 1.29 is 0 Å². The van der Waals surface area contributed by atoms with Crippen molar-refractivity contribution in [1.29, 1.82) is 0 Å². The van der Waals surface area contributed by atoms with Crippen LogP contribution in [-0.4, -0.2) is 19.5 Å². The Morgan fingerprint density at radius 2 is 1.06 bits per heavy atom. The first-order chi connectivity index (χ1) is 25.3. The van der Waals surface area contributed by atoms with E-state index in [1.807, 2.05) is 47.7 Å². The summed E-state index contributed by atoms with van der Waals surface area (Å²) in [6, 6.07) is 56.1. The molecule has 0 aliphatic heterocycles. The lowest BCUT2D eigenvalue weighted by atomic mass is 9.99. The maximum absolute atomic E-state index is 5.13. The van der Waals surface area contributed by atoms with Gasteiger partial charge in [0.1, 0.15) is 0 Å². The molecule has 0 unspecified atom stereocenters. The molecule has 1 aliphatic rings. The maximum Gasteiger partial charge on any atom is 0.164 e. The fraction of sp³-hybridized carbons (Fsp3) is 0.0217. The Labute approximate surface area is 298 Å². The Bertz CT molecular complexity index is 2880. The Morgan fingerprint density at radius 1 is 0.451 bits per heavy atom. The predicted octanol–water partition coefficient (Wildman–Crippen LogP) is 11.9. The summed E-state index contributed by atoms with van der Waals surface area (Å²) in [5.74, 6) is 2.02. The molecule has 0 saturated heterocycles. The molecule has 0 amide bonds. The van der Waals surface area contributed by atoms with E-state index in [1.165, 1.54) is 69.9 Å². The van der Waals surface area contributed by atoms with E-state index in [0.29, 0.717) is 17.5 Å². The van der Waals surface area contributed by atoms with E-state index >= 15 is 0 Å². The first-order valence-corrected chi connectivity index (χ1v) is 18.1. The SMILES string of the molecule is c1ccc(-c2nc(-c3ccccc3)nc(-c3cccc4sc5cc6c(cc5c34)-c3c(cccc3-n3c4ccccc4c4ccccc43)C6)n2)cc1. The van der Waals surface area contributed by atoms with Gasteiger partial charge in [0, 0.05) is 53.2 Å². The van der Waals surface area contributed by atoms with E-state index in [9.17, 15) is 0 Å². The molecular formula is C46H28N4S. The molecule has 3 aromatic heterocycles. The molecule has 0 radical (unpaired) electrons. The van der Waals surface area contributed by atoms with Gasteiger partial charge in [0.05, 0.1) is 16.7 Å². The van der Waals surface area contributed by atoms with Crippen molar-refractivity contribution in [2.24, 2.45) is 0 Å². The van der Waals surface area contributed by atoms with Crippen molar-refractivity contribution in [3.05, 3.63) is 169 Å². The van der Waals surface area contributed by atoms with Gasteiger partial charge >= 0.3 is 0 Å². The van der Waals surface area contributed by atoms with Gasteiger partial charge in [-0.05, 0) is 59.5 Å². The fourth-order valence-corrected chi connectivity index (χ4v) is 9.20. The van der Waals surface area contributed by atoms with Crippen LogP contribution >= 0.6 is 11.3 Å². The first-order valence-electron chi connectivity index (χ1n) is 17.2. The third-order valence-electron chi connectivity index (χ3n) is 10.3. The summed E-state index contributed by atoms with van der Waals surface area (Å²) in [4.78, 5) is 15.2. The highest BCUT2D eigenvalue weighted by Crippen LogP contribution is 2.48. The van der Waals surface area contributed by atoms with E-state index in [-0.39, 0.29) is 0 Å². The quantitative estimate of drug-likeness (QED) is 0.187. The highest BCUT2D eigenvalue weighted by Gasteiger charge is 2.26. The molecule has 0 fully saturated rings. The van der Waals surface area contributed by atoms with Crippen LogP contribution in [0.25, 0.3) is 93.0 Å². The number of thiophene rings is 1.